The Morgan fingerprint density at radius 3 is 2.77 bits per heavy atom. The second-order valence-corrected chi connectivity index (χ2v) is 10.5. The highest BCUT2D eigenvalue weighted by atomic mass is 16.2. The molecule has 0 spiro atoms. The first-order valence-corrected chi connectivity index (χ1v) is 11.5. The fraction of sp³-hybridized carbons (Fsp3) is 0.640. The summed E-state index contributed by atoms with van der Waals surface area (Å²) < 4.78 is 0. The molecule has 0 saturated heterocycles. The van der Waals surface area contributed by atoms with Crippen molar-refractivity contribution in [3.05, 3.63) is 36.7 Å². The van der Waals surface area contributed by atoms with Gasteiger partial charge in [-0.25, -0.2) is 0 Å². The first kappa shape index (κ1) is 19.8. The molecule has 160 valence electrons. The largest absolute Gasteiger partial charge is 0.338 e. The summed E-state index contributed by atoms with van der Waals surface area (Å²) in [7, 11) is 1.97. The van der Waals surface area contributed by atoms with Crippen LogP contribution in [0.4, 0.5) is 5.69 Å². The van der Waals surface area contributed by atoms with E-state index in [1.54, 1.807) is 18.5 Å². The van der Waals surface area contributed by atoms with Crippen LogP contribution in [0.15, 0.2) is 36.7 Å². The quantitative estimate of drug-likeness (QED) is 0.796. The van der Waals surface area contributed by atoms with Gasteiger partial charge in [0.2, 0.25) is 11.8 Å². The zero-order chi connectivity index (χ0) is 21.1. The molecule has 0 bridgehead atoms. The van der Waals surface area contributed by atoms with E-state index in [0.29, 0.717) is 23.8 Å². The Morgan fingerprint density at radius 2 is 2.00 bits per heavy atom. The Kier molecular flexibility index (Phi) is 4.57. The van der Waals surface area contributed by atoms with Gasteiger partial charge in [-0.05, 0) is 79.9 Å². The van der Waals surface area contributed by atoms with E-state index in [0.717, 1.165) is 37.8 Å². The number of nitrogens with one attached hydrogen (secondary N) is 1. The number of anilines is 1. The van der Waals surface area contributed by atoms with Crippen LogP contribution >= 0.6 is 0 Å². The molecule has 1 aromatic rings. The Morgan fingerprint density at radius 1 is 1.17 bits per heavy atom. The van der Waals surface area contributed by atoms with Gasteiger partial charge in [-0.1, -0.05) is 19.9 Å². The maximum atomic E-state index is 13.2. The standard InChI is InChI=1S/C25H33N3O2/c1-24-12-10-19-17(6-9-21-25(19,2)13-11-22(29)28(21)3)18(24)7-8-20(24)23(30)27-16-5-4-14-26-15-16/h4-5,11,13-15,17-21H,6-10,12H2,1-3H3,(H,27,30)/t17-,18-,19+,20?,21?,24-,25+/m0/s1. The molecule has 0 aromatic carbocycles. The van der Waals surface area contributed by atoms with E-state index in [-0.39, 0.29) is 28.6 Å². The fourth-order valence-corrected chi connectivity index (χ4v) is 7.84. The first-order valence-electron chi connectivity index (χ1n) is 11.5. The molecule has 5 heteroatoms. The lowest BCUT2D eigenvalue weighted by atomic mass is 9.47. The van der Waals surface area contributed by atoms with Gasteiger partial charge in [-0.3, -0.25) is 14.6 Å². The third kappa shape index (κ3) is 2.77. The second-order valence-electron chi connectivity index (χ2n) is 10.5. The molecular formula is C25H33N3O2. The van der Waals surface area contributed by atoms with Gasteiger partial charge in [-0.2, -0.15) is 0 Å². The Balaban J connectivity index is 1.38. The molecule has 30 heavy (non-hydrogen) atoms. The average Bonchev–Trinajstić information content (AvgIpc) is 3.09. The minimum absolute atomic E-state index is 0.0585. The van der Waals surface area contributed by atoms with Crippen LogP contribution in [0.1, 0.15) is 52.4 Å². The number of pyridine rings is 1. The van der Waals surface area contributed by atoms with Crippen LogP contribution in [0, 0.1) is 34.5 Å². The molecule has 2 unspecified atom stereocenters. The first-order chi connectivity index (χ1) is 14.3. The molecule has 2 amide bonds. The summed E-state index contributed by atoms with van der Waals surface area (Å²) >= 11 is 0. The average molecular weight is 408 g/mol. The summed E-state index contributed by atoms with van der Waals surface area (Å²) in [5.41, 5.74) is 0.913. The lowest BCUT2D eigenvalue weighted by Crippen LogP contribution is -2.59. The third-order valence-electron chi connectivity index (χ3n) is 9.37. The molecule has 1 aromatic heterocycles. The fourth-order valence-electron chi connectivity index (χ4n) is 7.84. The summed E-state index contributed by atoms with van der Waals surface area (Å²) in [6, 6.07) is 4.08. The van der Waals surface area contributed by atoms with E-state index < -0.39 is 0 Å². The van der Waals surface area contributed by atoms with Crippen molar-refractivity contribution < 1.29 is 9.59 Å². The van der Waals surface area contributed by atoms with E-state index in [1.807, 2.05) is 24.1 Å². The van der Waals surface area contributed by atoms with Crippen LogP contribution in [0.3, 0.4) is 0 Å². The molecule has 5 nitrogen and oxygen atoms in total. The molecule has 3 saturated carbocycles. The Hall–Kier alpha value is -2.17. The monoisotopic (exact) mass is 407 g/mol. The Bertz CT molecular complexity index is 884. The molecule has 1 N–H and O–H groups in total. The number of amides is 2. The number of aromatic nitrogens is 1. The van der Waals surface area contributed by atoms with Crippen molar-refractivity contribution in [1.82, 2.24) is 9.88 Å². The van der Waals surface area contributed by atoms with E-state index in [2.05, 4.69) is 30.2 Å². The van der Waals surface area contributed by atoms with Gasteiger partial charge >= 0.3 is 0 Å². The van der Waals surface area contributed by atoms with Crippen molar-refractivity contribution in [3.8, 4) is 0 Å². The molecule has 0 radical (unpaired) electrons. The van der Waals surface area contributed by atoms with Crippen LogP contribution in [0.2, 0.25) is 0 Å². The van der Waals surface area contributed by atoms with Gasteiger partial charge in [0.05, 0.1) is 11.9 Å². The van der Waals surface area contributed by atoms with E-state index in [9.17, 15) is 9.59 Å². The summed E-state index contributed by atoms with van der Waals surface area (Å²) in [6.45, 7) is 4.74. The van der Waals surface area contributed by atoms with Crippen molar-refractivity contribution >= 4 is 17.5 Å². The van der Waals surface area contributed by atoms with E-state index >= 15 is 0 Å². The van der Waals surface area contributed by atoms with Crippen LogP contribution in [0.5, 0.6) is 0 Å². The number of hydrogen-bond donors (Lipinski definition) is 1. The van der Waals surface area contributed by atoms with Crippen molar-refractivity contribution in [2.75, 3.05) is 12.4 Å². The molecule has 4 aliphatic rings. The van der Waals surface area contributed by atoms with E-state index in [1.165, 1.54) is 6.42 Å². The summed E-state index contributed by atoms with van der Waals surface area (Å²) in [6.07, 6.45) is 14.1. The van der Waals surface area contributed by atoms with E-state index in [4.69, 9.17) is 0 Å². The summed E-state index contributed by atoms with van der Waals surface area (Å²) in [4.78, 5) is 31.6. The topological polar surface area (TPSA) is 62.3 Å². The Labute approximate surface area is 179 Å². The van der Waals surface area contributed by atoms with Crippen molar-refractivity contribution in [2.24, 2.45) is 34.5 Å². The van der Waals surface area contributed by atoms with Crippen molar-refractivity contribution in [2.45, 2.75) is 58.4 Å². The predicted molar refractivity (Wildman–Crippen MR) is 116 cm³/mol. The van der Waals surface area contributed by atoms with Gasteiger partial charge in [-0.15, -0.1) is 0 Å². The number of nitrogens with zero attached hydrogens (tertiary/aromatic N) is 2. The highest BCUT2D eigenvalue weighted by Crippen LogP contribution is 2.65. The second kappa shape index (κ2) is 6.93. The minimum atomic E-state index is 0.0585. The molecule has 1 aliphatic heterocycles. The van der Waals surface area contributed by atoms with Gasteiger partial charge in [0.1, 0.15) is 0 Å². The summed E-state index contributed by atoms with van der Waals surface area (Å²) in [5.74, 6) is 2.21. The third-order valence-corrected chi connectivity index (χ3v) is 9.37. The minimum Gasteiger partial charge on any atom is -0.338 e. The maximum absolute atomic E-state index is 13.2. The smallest absolute Gasteiger partial charge is 0.246 e. The maximum Gasteiger partial charge on any atom is 0.246 e. The van der Waals surface area contributed by atoms with Crippen LogP contribution in [-0.4, -0.2) is 34.8 Å². The molecule has 3 fully saturated rings. The lowest BCUT2D eigenvalue weighted by Gasteiger charge is -2.60. The van der Waals surface area contributed by atoms with Crippen LogP contribution in [0.25, 0.3) is 0 Å². The van der Waals surface area contributed by atoms with Crippen molar-refractivity contribution in [3.63, 3.8) is 0 Å². The molecule has 5 rings (SSSR count). The molecule has 7 atom stereocenters. The number of carbonyl (C=O) groups excluding carboxylic acids is 2. The highest BCUT2D eigenvalue weighted by Gasteiger charge is 2.61. The highest BCUT2D eigenvalue weighted by molar-refractivity contribution is 5.93. The number of carbonyl (C=O) groups is 2. The zero-order valence-electron chi connectivity index (χ0n) is 18.3. The van der Waals surface area contributed by atoms with Crippen LogP contribution < -0.4 is 5.32 Å². The predicted octanol–water partition coefficient (Wildman–Crippen LogP) is 4.28. The van der Waals surface area contributed by atoms with Gasteiger partial charge in [0.15, 0.2) is 0 Å². The number of fused-ring (bicyclic) bond motifs is 5. The number of rotatable bonds is 2. The summed E-state index contributed by atoms with van der Waals surface area (Å²) in [5, 5.41) is 3.12. The normalized spacial score (nSPS) is 42.3. The number of hydrogen-bond acceptors (Lipinski definition) is 3. The molecule has 3 aliphatic carbocycles. The molecule has 2 heterocycles. The van der Waals surface area contributed by atoms with Crippen LogP contribution in [-0.2, 0) is 9.59 Å². The van der Waals surface area contributed by atoms with Gasteiger partial charge < -0.3 is 10.2 Å². The van der Waals surface area contributed by atoms with Crippen molar-refractivity contribution in [1.29, 1.82) is 0 Å². The van der Waals surface area contributed by atoms with Gasteiger partial charge in [0.25, 0.3) is 0 Å². The zero-order valence-corrected chi connectivity index (χ0v) is 18.3. The van der Waals surface area contributed by atoms with Gasteiger partial charge in [0, 0.05) is 30.6 Å². The lowest BCUT2D eigenvalue weighted by molar-refractivity contribution is -0.141. The SMILES string of the molecule is CN1C(=O)C=C[C@@]2(C)C1CC[C@@H]1[C@H]2CC[C@]2(C)C(C(=O)Nc3cccnc3)CC[C@@H]12. The molecular weight excluding hydrogens is 374 g/mol. The number of likely N-dealkylation sites (N-methyl/N-ethyl adjacent to an activating group) is 1.